The minimum atomic E-state index is -0.236. The van der Waals surface area contributed by atoms with Gasteiger partial charge in [0.1, 0.15) is 12.2 Å². The lowest BCUT2D eigenvalue weighted by atomic mass is 9.98. The van der Waals surface area contributed by atoms with Crippen molar-refractivity contribution in [2.75, 3.05) is 5.32 Å². The van der Waals surface area contributed by atoms with E-state index >= 15 is 0 Å². The van der Waals surface area contributed by atoms with Gasteiger partial charge in [0.25, 0.3) is 5.95 Å². The molecular weight excluding hydrogens is 368 g/mol. The van der Waals surface area contributed by atoms with Crippen LogP contribution in [0, 0.1) is 0 Å². The minimum Gasteiger partial charge on any atom is -0.326 e. The summed E-state index contributed by atoms with van der Waals surface area (Å²) >= 11 is 6.07. The number of nitrogens with one attached hydrogen (secondary N) is 1. The number of nitrogens with zero attached hydrogens (tertiary/aromatic N) is 5. The fourth-order valence-electron chi connectivity index (χ4n) is 2.65. The Morgan fingerprint density at radius 2 is 1.93 bits per heavy atom. The van der Waals surface area contributed by atoms with Gasteiger partial charge >= 0.3 is 0 Å². The number of hydrogen-bond donors (Lipinski definition) is 1. The van der Waals surface area contributed by atoms with E-state index in [-0.39, 0.29) is 24.0 Å². The van der Waals surface area contributed by atoms with Crippen molar-refractivity contribution in [3.63, 3.8) is 0 Å². The van der Waals surface area contributed by atoms with Crippen molar-refractivity contribution >= 4 is 29.0 Å². The van der Waals surface area contributed by atoms with Gasteiger partial charge < -0.3 is 5.32 Å². The van der Waals surface area contributed by atoms with Crippen molar-refractivity contribution in [3.8, 4) is 5.95 Å². The zero-order valence-electron chi connectivity index (χ0n) is 14.8. The molecule has 138 valence electrons. The number of halogens is 1. The first kappa shape index (κ1) is 18.7. The van der Waals surface area contributed by atoms with Crippen LogP contribution in [0.4, 0.5) is 5.69 Å². The van der Waals surface area contributed by atoms with Gasteiger partial charge in [-0.05, 0) is 24.3 Å². The van der Waals surface area contributed by atoms with Crippen LogP contribution in [0.15, 0.2) is 43.0 Å². The molecule has 0 aliphatic carbocycles. The topological polar surface area (TPSA) is 103 Å². The van der Waals surface area contributed by atoms with Crippen LogP contribution in [0.25, 0.3) is 5.95 Å². The Bertz CT molecular complexity index is 973. The number of rotatable bonds is 6. The van der Waals surface area contributed by atoms with Gasteiger partial charge in [0.2, 0.25) is 5.91 Å². The standard InChI is InChI=1S/C18H17ClN6O2/c1-11(17-22-10-23-25(17)18-20-4-3-5-21-18)6-16(27)13-7-14(19)9-15(8-13)24-12(2)26/h3-5,7-11H,6H2,1-2H3,(H,24,26)/t11-/m0/s1. The largest absolute Gasteiger partial charge is 0.326 e. The van der Waals surface area contributed by atoms with E-state index in [1.165, 1.54) is 17.9 Å². The van der Waals surface area contributed by atoms with Crippen molar-refractivity contribution in [1.82, 2.24) is 24.7 Å². The van der Waals surface area contributed by atoms with E-state index < -0.39 is 0 Å². The zero-order chi connectivity index (χ0) is 19.4. The molecule has 0 saturated carbocycles. The summed E-state index contributed by atoms with van der Waals surface area (Å²) < 4.78 is 1.51. The van der Waals surface area contributed by atoms with Gasteiger partial charge in [0.05, 0.1) is 0 Å². The summed E-state index contributed by atoms with van der Waals surface area (Å²) in [5.41, 5.74) is 0.895. The smallest absolute Gasteiger partial charge is 0.252 e. The number of carbonyl (C=O) groups excluding carboxylic acids is 2. The highest BCUT2D eigenvalue weighted by atomic mass is 35.5. The van der Waals surface area contributed by atoms with Crippen molar-refractivity contribution in [2.45, 2.75) is 26.2 Å². The summed E-state index contributed by atoms with van der Waals surface area (Å²) in [5, 5.41) is 7.16. The summed E-state index contributed by atoms with van der Waals surface area (Å²) in [6, 6.07) is 6.48. The molecule has 0 unspecified atom stereocenters. The molecule has 9 heteroatoms. The van der Waals surface area contributed by atoms with Gasteiger partial charge in [-0.25, -0.2) is 15.0 Å². The second-order valence-corrected chi connectivity index (χ2v) is 6.45. The van der Waals surface area contributed by atoms with E-state index in [0.29, 0.717) is 28.0 Å². The predicted octanol–water partition coefficient (Wildman–Crippen LogP) is 3.05. The van der Waals surface area contributed by atoms with Crippen molar-refractivity contribution < 1.29 is 9.59 Å². The van der Waals surface area contributed by atoms with E-state index in [1.54, 1.807) is 36.7 Å². The van der Waals surface area contributed by atoms with Gasteiger partial charge in [-0.15, -0.1) is 0 Å². The monoisotopic (exact) mass is 384 g/mol. The first-order chi connectivity index (χ1) is 12.9. The Balaban J connectivity index is 1.80. The van der Waals surface area contributed by atoms with Crippen molar-refractivity contribution in [1.29, 1.82) is 0 Å². The molecule has 0 radical (unpaired) electrons. The highest BCUT2D eigenvalue weighted by Crippen LogP contribution is 2.24. The van der Waals surface area contributed by atoms with Crippen LogP contribution in [0.2, 0.25) is 5.02 Å². The summed E-state index contributed by atoms with van der Waals surface area (Å²) in [7, 11) is 0. The number of amides is 1. The average Bonchev–Trinajstić information content (AvgIpc) is 3.11. The molecule has 0 fully saturated rings. The lowest BCUT2D eigenvalue weighted by Gasteiger charge is -2.12. The lowest BCUT2D eigenvalue weighted by Crippen LogP contribution is -2.13. The van der Waals surface area contributed by atoms with E-state index in [2.05, 4.69) is 25.4 Å². The molecule has 0 saturated heterocycles. The average molecular weight is 385 g/mol. The van der Waals surface area contributed by atoms with Gasteiger partial charge in [-0.1, -0.05) is 18.5 Å². The Labute approximate surface area is 160 Å². The molecule has 0 aliphatic heterocycles. The zero-order valence-corrected chi connectivity index (χ0v) is 15.5. The van der Waals surface area contributed by atoms with Gasteiger partial charge in [0, 0.05) is 47.9 Å². The second-order valence-electron chi connectivity index (χ2n) is 6.02. The Kier molecular flexibility index (Phi) is 5.56. The molecule has 0 aliphatic rings. The lowest BCUT2D eigenvalue weighted by molar-refractivity contribution is -0.114. The fraction of sp³-hybridized carbons (Fsp3) is 0.222. The molecule has 3 aromatic rings. The van der Waals surface area contributed by atoms with Crippen LogP contribution in [0.1, 0.15) is 42.4 Å². The summed E-state index contributed by atoms with van der Waals surface area (Å²) in [6.45, 7) is 3.27. The first-order valence-corrected chi connectivity index (χ1v) is 8.60. The summed E-state index contributed by atoms with van der Waals surface area (Å²) in [6.07, 6.45) is 4.81. The third-order valence-corrected chi connectivity index (χ3v) is 4.01. The minimum absolute atomic E-state index is 0.125. The van der Waals surface area contributed by atoms with Gasteiger partial charge in [0.15, 0.2) is 5.78 Å². The number of anilines is 1. The molecule has 8 nitrogen and oxygen atoms in total. The molecule has 1 aromatic carbocycles. The third-order valence-electron chi connectivity index (χ3n) is 3.79. The molecule has 27 heavy (non-hydrogen) atoms. The third kappa shape index (κ3) is 4.53. The molecule has 2 heterocycles. The number of ketones is 1. The van der Waals surface area contributed by atoms with Crippen LogP contribution >= 0.6 is 11.6 Å². The normalized spacial score (nSPS) is 11.8. The van der Waals surface area contributed by atoms with E-state index in [0.717, 1.165) is 0 Å². The number of aromatic nitrogens is 5. The van der Waals surface area contributed by atoms with Crippen LogP contribution < -0.4 is 5.32 Å². The number of carbonyl (C=O) groups is 2. The van der Waals surface area contributed by atoms with Crippen LogP contribution in [0.5, 0.6) is 0 Å². The SMILES string of the molecule is CC(=O)Nc1cc(Cl)cc(C(=O)C[C@H](C)c2ncnn2-c2ncccn2)c1. The number of hydrogen-bond acceptors (Lipinski definition) is 6. The molecule has 0 spiro atoms. The Morgan fingerprint density at radius 3 is 2.63 bits per heavy atom. The van der Waals surface area contributed by atoms with Crippen LogP contribution in [0.3, 0.4) is 0 Å². The van der Waals surface area contributed by atoms with Gasteiger partial charge in [-0.2, -0.15) is 9.78 Å². The second kappa shape index (κ2) is 8.05. The number of benzene rings is 1. The van der Waals surface area contributed by atoms with Gasteiger partial charge in [-0.3, -0.25) is 9.59 Å². The molecule has 0 bridgehead atoms. The summed E-state index contributed by atoms with van der Waals surface area (Å²) in [4.78, 5) is 36.5. The maximum Gasteiger partial charge on any atom is 0.252 e. The highest BCUT2D eigenvalue weighted by Gasteiger charge is 2.20. The van der Waals surface area contributed by atoms with Crippen LogP contribution in [-0.4, -0.2) is 36.4 Å². The summed E-state index contributed by atoms with van der Waals surface area (Å²) in [5.74, 6) is 0.380. The Hall–Kier alpha value is -3.13. The fourth-order valence-corrected chi connectivity index (χ4v) is 2.89. The highest BCUT2D eigenvalue weighted by molar-refractivity contribution is 6.31. The molecule has 1 atom stereocenters. The molecule has 2 aromatic heterocycles. The van der Waals surface area contributed by atoms with Crippen molar-refractivity contribution in [2.24, 2.45) is 0 Å². The maximum atomic E-state index is 12.7. The first-order valence-electron chi connectivity index (χ1n) is 8.22. The quantitative estimate of drug-likeness (QED) is 0.655. The van der Waals surface area contributed by atoms with E-state index in [1.807, 2.05) is 6.92 Å². The van der Waals surface area contributed by atoms with E-state index in [4.69, 9.17) is 11.6 Å². The van der Waals surface area contributed by atoms with Crippen molar-refractivity contribution in [3.05, 3.63) is 59.4 Å². The van der Waals surface area contributed by atoms with Crippen LogP contribution in [-0.2, 0) is 4.79 Å². The van der Waals surface area contributed by atoms with E-state index in [9.17, 15) is 9.59 Å². The molecule has 1 amide bonds. The molecule has 1 N–H and O–H groups in total. The number of Topliss-reactive ketones (excluding diaryl/α,β-unsaturated/α-hetero) is 1. The molecular formula is C18H17ClN6O2. The molecule has 3 rings (SSSR count). The maximum absolute atomic E-state index is 12.7. The predicted molar refractivity (Wildman–Crippen MR) is 100 cm³/mol. The Morgan fingerprint density at radius 1 is 1.19 bits per heavy atom.